The molecule has 1 saturated heterocycles. The summed E-state index contributed by atoms with van der Waals surface area (Å²) < 4.78 is 53.6. The molecule has 0 atom stereocenters. The van der Waals surface area contributed by atoms with E-state index in [0.29, 0.717) is 26.2 Å². The second kappa shape index (κ2) is 8.89. The number of rotatable bonds is 4. The molecule has 1 aliphatic heterocycles. The van der Waals surface area contributed by atoms with E-state index in [9.17, 15) is 22.4 Å². The van der Waals surface area contributed by atoms with E-state index in [1.54, 1.807) is 29.2 Å². The van der Waals surface area contributed by atoms with Crippen LogP contribution in [0.25, 0.3) is 0 Å². The second-order valence-electron chi connectivity index (χ2n) is 7.46. The average Bonchev–Trinajstić information content (AvgIpc) is 2.78. The maximum absolute atomic E-state index is 13.5. The first kappa shape index (κ1) is 21.1. The van der Waals surface area contributed by atoms with Crippen LogP contribution in [-0.2, 0) is 0 Å². The van der Waals surface area contributed by atoms with Crippen LogP contribution in [0.5, 0.6) is 0 Å². The molecule has 0 saturated carbocycles. The van der Waals surface area contributed by atoms with Gasteiger partial charge in [-0.1, -0.05) is 24.3 Å². The minimum atomic E-state index is -1.06. The summed E-state index contributed by atoms with van der Waals surface area (Å²) in [6, 6.07) is 15.2. The predicted octanol–water partition coefficient (Wildman–Crippen LogP) is 4.79. The molecule has 0 aromatic heterocycles. The highest BCUT2D eigenvalue weighted by molar-refractivity contribution is 5.94. The quantitative estimate of drug-likeness (QED) is 0.558. The zero-order valence-electron chi connectivity index (χ0n) is 16.6. The lowest BCUT2D eigenvalue weighted by molar-refractivity contribution is 0.0596. The Kier molecular flexibility index (Phi) is 6.04. The van der Waals surface area contributed by atoms with Crippen molar-refractivity contribution in [1.29, 1.82) is 0 Å². The van der Waals surface area contributed by atoms with E-state index in [1.165, 1.54) is 30.3 Å². The minimum absolute atomic E-state index is 0.0981. The normalized spacial score (nSPS) is 14.8. The van der Waals surface area contributed by atoms with Crippen LogP contribution in [0.2, 0.25) is 0 Å². The first-order valence-electron chi connectivity index (χ1n) is 9.91. The van der Waals surface area contributed by atoms with E-state index in [-0.39, 0.29) is 29.1 Å². The first-order valence-corrected chi connectivity index (χ1v) is 9.91. The number of hydrogen-bond acceptors (Lipinski definition) is 2. The van der Waals surface area contributed by atoms with E-state index in [1.807, 2.05) is 0 Å². The molecule has 0 radical (unpaired) electrons. The van der Waals surface area contributed by atoms with Crippen LogP contribution in [0.1, 0.15) is 27.5 Å². The van der Waals surface area contributed by atoms with E-state index in [4.69, 9.17) is 0 Å². The Morgan fingerprint density at radius 1 is 0.677 bits per heavy atom. The van der Waals surface area contributed by atoms with Gasteiger partial charge in [0.15, 0.2) is 11.6 Å². The molecular weight excluding hydrogens is 408 g/mol. The van der Waals surface area contributed by atoms with E-state index >= 15 is 0 Å². The van der Waals surface area contributed by atoms with Gasteiger partial charge < -0.3 is 4.90 Å². The molecule has 3 nitrogen and oxygen atoms in total. The third-order valence-electron chi connectivity index (χ3n) is 5.50. The Labute approximate surface area is 177 Å². The molecule has 7 heteroatoms. The maximum atomic E-state index is 13.5. The number of piperazine rings is 1. The highest BCUT2D eigenvalue weighted by Crippen LogP contribution is 2.30. The zero-order chi connectivity index (χ0) is 22.0. The highest BCUT2D eigenvalue weighted by Gasteiger charge is 2.29. The van der Waals surface area contributed by atoms with Crippen molar-refractivity contribution < 1.29 is 22.4 Å². The van der Waals surface area contributed by atoms with Crippen molar-refractivity contribution in [3.8, 4) is 0 Å². The molecule has 4 rings (SSSR count). The Hall–Kier alpha value is -3.19. The Morgan fingerprint density at radius 2 is 1.19 bits per heavy atom. The van der Waals surface area contributed by atoms with Crippen molar-refractivity contribution in [2.24, 2.45) is 0 Å². The van der Waals surface area contributed by atoms with Crippen molar-refractivity contribution in [1.82, 2.24) is 9.80 Å². The third kappa shape index (κ3) is 4.61. The Balaban J connectivity index is 1.53. The summed E-state index contributed by atoms with van der Waals surface area (Å²) >= 11 is 0. The summed E-state index contributed by atoms with van der Waals surface area (Å²) in [6.45, 7) is 1.79. The van der Waals surface area contributed by atoms with Crippen molar-refractivity contribution in [2.75, 3.05) is 26.2 Å². The number of hydrogen-bond donors (Lipinski definition) is 0. The van der Waals surface area contributed by atoms with E-state index < -0.39 is 11.6 Å². The van der Waals surface area contributed by atoms with Gasteiger partial charge in [-0.25, -0.2) is 17.6 Å². The van der Waals surface area contributed by atoms with Crippen LogP contribution in [0.4, 0.5) is 17.6 Å². The summed E-state index contributed by atoms with van der Waals surface area (Å²) in [5, 5.41) is 0. The van der Waals surface area contributed by atoms with Gasteiger partial charge in [-0.15, -0.1) is 0 Å². The van der Waals surface area contributed by atoms with Crippen molar-refractivity contribution in [3.05, 3.63) is 107 Å². The fourth-order valence-electron chi connectivity index (χ4n) is 3.90. The van der Waals surface area contributed by atoms with Gasteiger partial charge in [0.25, 0.3) is 5.91 Å². The molecule has 31 heavy (non-hydrogen) atoms. The second-order valence-corrected chi connectivity index (χ2v) is 7.46. The number of carbonyl (C=O) groups is 1. The highest BCUT2D eigenvalue weighted by atomic mass is 19.2. The molecular formula is C24H20F4N2O. The van der Waals surface area contributed by atoms with Gasteiger partial charge in [0.05, 0.1) is 6.04 Å². The van der Waals surface area contributed by atoms with E-state index in [0.717, 1.165) is 23.3 Å². The maximum Gasteiger partial charge on any atom is 0.254 e. The smallest absolute Gasteiger partial charge is 0.254 e. The number of carbonyl (C=O) groups excluding carboxylic acids is 1. The van der Waals surface area contributed by atoms with E-state index in [2.05, 4.69) is 4.90 Å². The van der Waals surface area contributed by atoms with Crippen LogP contribution < -0.4 is 0 Å². The van der Waals surface area contributed by atoms with Crippen LogP contribution in [0.15, 0.2) is 66.7 Å². The summed E-state index contributed by atoms with van der Waals surface area (Å²) in [5.74, 6) is -3.11. The summed E-state index contributed by atoms with van der Waals surface area (Å²) in [5.41, 5.74) is 1.81. The van der Waals surface area contributed by atoms with Gasteiger partial charge in [-0.05, 0) is 53.6 Å². The van der Waals surface area contributed by atoms with Crippen LogP contribution in [-0.4, -0.2) is 41.9 Å². The van der Waals surface area contributed by atoms with Crippen LogP contribution >= 0.6 is 0 Å². The molecule has 0 N–H and O–H groups in total. The summed E-state index contributed by atoms with van der Waals surface area (Å²) in [6.07, 6.45) is 0. The minimum Gasteiger partial charge on any atom is -0.336 e. The standard InChI is InChI=1S/C24H20F4N2O/c25-19-6-1-16(2-7-19)23(17-3-8-20(26)9-4-17)29-11-13-30(14-12-29)24(31)18-5-10-21(27)22(28)15-18/h1-10,15,23H,11-14H2. The van der Waals surface area contributed by atoms with Gasteiger partial charge >= 0.3 is 0 Å². The van der Waals surface area contributed by atoms with Gasteiger partial charge in [0.1, 0.15) is 11.6 Å². The molecule has 3 aromatic rings. The molecule has 1 amide bonds. The molecule has 1 heterocycles. The fraction of sp³-hybridized carbons (Fsp3) is 0.208. The largest absolute Gasteiger partial charge is 0.336 e. The van der Waals surface area contributed by atoms with Gasteiger partial charge in [0.2, 0.25) is 0 Å². The molecule has 1 aliphatic rings. The van der Waals surface area contributed by atoms with Crippen molar-refractivity contribution >= 4 is 5.91 Å². The number of benzene rings is 3. The van der Waals surface area contributed by atoms with Gasteiger partial charge in [0, 0.05) is 31.7 Å². The third-order valence-corrected chi connectivity index (χ3v) is 5.50. The molecule has 0 bridgehead atoms. The summed E-state index contributed by atoms with van der Waals surface area (Å²) in [4.78, 5) is 16.4. The van der Waals surface area contributed by atoms with Gasteiger partial charge in [-0.2, -0.15) is 0 Å². The number of halogens is 4. The monoisotopic (exact) mass is 428 g/mol. The molecule has 0 spiro atoms. The van der Waals surface area contributed by atoms with Crippen molar-refractivity contribution in [3.63, 3.8) is 0 Å². The fourth-order valence-corrected chi connectivity index (χ4v) is 3.90. The molecule has 0 unspecified atom stereocenters. The lowest BCUT2D eigenvalue weighted by Gasteiger charge is -2.39. The lowest BCUT2D eigenvalue weighted by atomic mass is 9.96. The average molecular weight is 428 g/mol. The topological polar surface area (TPSA) is 23.6 Å². The molecule has 1 fully saturated rings. The Morgan fingerprint density at radius 3 is 1.68 bits per heavy atom. The van der Waals surface area contributed by atoms with Gasteiger partial charge in [-0.3, -0.25) is 9.69 Å². The molecule has 3 aromatic carbocycles. The van der Waals surface area contributed by atoms with Crippen LogP contribution in [0, 0.1) is 23.3 Å². The zero-order valence-corrected chi connectivity index (χ0v) is 16.6. The van der Waals surface area contributed by atoms with Crippen LogP contribution in [0.3, 0.4) is 0 Å². The van der Waals surface area contributed by atoms with Crippen molar-refractivity contribution in [2.45, 2.75) is 6.04 Å². The Bertz CT molecular complexity index is 1020. The predicted molar refractivity (Wildman–Crippen MR) is 108 cm³/mol. The molecule has 0 aliphatic carbocycles. The lowest BCUT2D eigenvalue weighted by Crippen LogP contribution is -2.49. The first-order chi connectivity index (χ1) is 14.9. The molecule has 160 valence electrons. The SMILES string of the molecule is O=C(c1ccc(F)c(F)c1)N1CCN(C(c2ccc(F)cc2)c2ccc(F)cc2)CC1. The summed E-state index contributed by atoms with van der Waals surface area (Å²) in [7, 11) is 0. The number of amides is 1. The number of nitrogens with zero attached hydrogens (tertiary/aromatic N) is 2.